The predicted octanol–water partition coefficient (Wildman–Crippen LogP) is 2.23. The fourth-order valence-corrected chi connectivity index (χ4v) is 8.47. The summed E-state index contributed by atoms with van der Waals surface area (Å²) in [5, 5.41) is 20.6. The zero-order valence-electron chi connectivity index (χ0n) is 34.0. The van der Waals surface area contributed by atoms with Gasteiger partial charge in [0.05, 0.1) is 11.7 Å². The molecular formula is C41H48F5N7O9. The van der Waals surface area contributed by atoms with E-state index in [1.165, 1.54) is 23.6 Å². The Morgan fingerprint density at radius 1 is 0.855 bits per heavy atom. The van der Waals surface area contributed by atoms with Crippen molar-refractivity contribution in [2.75, 3.05) is 25.0 Å². The molecule has 4 aliphatic rings. The highest BCUT2D eigenvalue weighted by Crippen LogP contribution is 2.31. The molecule has 0 bridgehead atoms. The Hall–Kier alpha value is -5.86. The number of cyclic esters (lactones) is 1. The summed E-state index contributed by atoms with van der Waals surface area (Å²) in [4.78, 5) is 102. The quantitative estimate of drug-likeness (QED) is 0.213. The number of aliphatic hydroxyl groups is 1. The van der Waals surface area contributed by atoms with Crippen molar-refractivity contribution in [1.29, 1.82) is 0 Å². The van der Waals surface area contributed by atoms with E-state index in [0.29, 0.717) is 31.0 Å². The third-order valence-electron chi connectivity index (χ3n) is 11.5. The summed E-state index contributed by atoms with van der Waals surface area (Å²) in [6, 6.07) is -3.79. The summed E-state index contributed by atoms with van der Waals surface area (Å²) in [6.07, 6.45) is -6.84. The van der Waals surface area contributed by atoms with Gasteiger partial charge in [0, 0.05) is 44.2 Å². The number of alkyl halides is 3. The highest BCUT2D eigenvalue weighted by atomic mass is 19.4. The smallest absolute Gasteiger partial charge is 0.416 e. The van der Waals surface area contributed by atoms with Crippen LogP contribution in [0.2, 0.25) is 0 Å². The third-order valence-corrected chi connectivity index (χ3v) is 11.5. The second-order valence-corrected chi connectivity index (χ2v) is 16.4. The third kappa shape index (κ3) is 10.4. The van der Waals surface area contributed by atoms with Gasteiger partial charge in [-0.25, -0.2) is 18.4 Å². The lowest BCUT2D eigenvalue weighted by atomic mass is 9.98. The van der Waals surface area contributed by atoms with Gasteiger partial charge in [0.25, 0.3) is 0 Å². The van der Waals surface area contributed by atoms with Gasteiger partial charge in [0.15, 0.2) is 0 Å². The number of carbonyl (C=O) groups excluding carboxylic acids is 7. The lowest BCUT2D eigenvalue weighted by Crippen LogP contribution is -2.63. The van der Waals surface area contributed by atoms with Gasteiger partial charge in [-0.05, 0) is 87.4 Å². The van der Waals surface area contributed by atoms with Crippen molar-refractivity contribution >= 4 is 47.2 Å². The Balaban J connectivity index is 1.34. The Bertz CT molecular complexity index is 2050. The molecule has 4 aliphatic heterocycles. The maximum atomic E-state index is 14.7. The molecule has 5 N–H and O–H groups in total. The zero-order valence-corrected chi connectivity index (χ0v) is 34.0. The van der Waals surface area contributed by atoms with Crippen LogP contribution in [0.4, 0.5) is 32.4 Å². The molecule has 0 aromatic heterocycles. The van der Waals surface area contributed by atoms with Crippen LogP contribution in [0.3, 0.4) is 0 Å². The van der Waals surface area contributed by atoms with E-state index in [1.54, 1.807) is 6.92 Å². The minimum absolute atomic E-state index is 0.121. The van der Waals surface area contributed by atoms with E-state index in [9.17, 15) is 60.6 Å². The highest BCUT2D eigenvalue weighted by Gasteiger charge is 2.49. The molecule has 0 radical (unpaired) electrons. The van der Waals surface area contributed by atoms with E-state index in [2.05, 4.69) is 21.3 Å². The Labute approximate surface area is 352 Å². The van der Waals surface area contributed by atoms with Gasteiger partial charge in [-0.2, -0.15) is 13.2 Å². The van der Waals surface area contributed by atoms with Gasteiger partial charge in [-0.1, -0.05) is 6.92 Å². The summed E-state index contributed by atoms with van der Waals surface area (Å²) >= 11 is 0. The SMILES string of the molecule is C[C@@H]1C[C@H]2C(=O)O[C@@H](C)[C@H](NC(=O)[C@H](Cc3cc(F)cc(F)c3)NC(=O)Nc3ccc(C(F)(F)F)cc3)C(=O)N3C[C@H](O)C[C@H]3C(=O)N3CCCC[C@H]3C(=O)N[C@@H](C)C(=O)N2C1. The first kappa shape index (κ1) is 45.7. The number of anilines is 1. The van der Waals surface area contributed by atoms with Crippen molar-refractivity contribution in [2.24, 2.45) is 5.92 Å². The largest absolute Gasteiger partial charge is 0.458 e. The molecule has 6 rings (SSSR count). The van der Waals surface area contributed by atoms with E-state index in [4.69, 9.17) is 4.74 Å². The number of esters is 1. The minimum Gasteiger partial charge on any atom is -0.458 e. The number of nitrogens with zero attached hydrogens (tertiary/aromatic N) is 3. The van der Waals surface area contributed by atoms with Crippen LogP contribution in [0.15, 0.2) is 42.5 Å². The summed E-state index contributed by atoms with van der Waals surface area (Å²) < 4.78 is 73.9. The van der Waals surface area contributed by atoms with Crippen LogP contribution in [0, 0.1) is 17.6 Å². The number of amides is 7. The number of nitrogens with one attached hydrogen (secondary N) is 4. The molecule has 2 aromatic carbocycles. The van der Waals surface area contributed by atoms with Gasteiger partial charge in [0.2, 0.25) is 29.5 Å². The molecule has 0 saturated carbocycles. The van der Waals surface area contributed by atoms with E-state index < -0.39 is 126 Å². The highest BCUT2D eigenvalue weighted by molar-refractivity contribution is 5.99. The number of aliphatic hydroxyl groups excluding tert-OH is 1. The van der Waals surface area contributed by atoms with Crippen LogP contribution in [0.5, 0.6) is 0 Å². The first-order valence-electron chi connectivity index (χ1n) is 20.3. The molecule has 4 saturated heterocycles. The molecule has 9 atom stereocenters. The van der Waals surface area contributed by atoms with Gasteiger partial charge in [-0.3, -0.25) is 24.0 Å². The van der Waals surface area contributed by atoms with Crippen LogP contribution in [-0.4, -0.2) is 129 Å². The second-order valence-electron chi connectivity index (χ2n) is 16.4. The van der Waals surface area contributed by atoms with Crippen molar-refractivity contribution in [2.45, 2.75) is 114 Å². The first-order chi connectivity index (χ1) is 29.2. The summed E-state index contributed by atoms with van der Waals surface area (Å²) in [7, 11) is 0. The molecule has 4 fully saturated rings. The molecule has 16 nitrogen and oxygen atoms in total. The van der Waals surface area contributed by atoms with Crippen LogP contribution < -0.4 is 21.3 Å². The van der Waals surface area contributed by atoms with E-state index >= 15 is 0 Å². The van der Waals surface area contributed by atoms with Crippen molar-refractivity contribution in [1.82, 2.24) is 30.7 Å². The van der Waals surface area contributed by atoms with Gasteiger partial charge >= 0.3 is 18.2 Å². The monoisotopic (exact) mass is 877 g/mol. The molecule has 7 amide bonds. The Morgan fingerprint density at radius 3 is 2.18 bits per heavy atom. The maximum absolute atomic E-state index is 14.7. The lowest BCUT2D eigenvalue weighted by molar-refractivity contribution is -0.163. The van der Waals surface area contributed by atoms with Crippen molar-refractivity contribution < 1.29 is 65.4 Å². The predicted molar refractivity (Wildman–Crippen MR) is 207 cm³/mol. The topological polar surface area (TPSA) is 207 Å². The number of hydrogen-bond acceptors (Lipinski definition) is 9. The van der Waals surface area contributed by atoms with Crippen LogP contribution >= 0.6 is 0 Å². The molecular weight excluding hydrogens is 829 g/mol. The van der Waals surface area contributed by atoms with Crippen molar-refractivity contribution in [3.8, 4) is 0 Å². The van der Waals surface area contributed by atoms with Crippen LogP contribution in [0.25, 0.3) is 0 Å². The van der Waals surface area contributed by atoms with E-state index in [1.807, 2.05) is 0 Å². The number of hydrogen-bond donors (Lipinski definition) is 5. The fourth-order valence-electron chi connectivity index (χ4n) is 8.47. The molecule has 336 valence electrons. The van der Waals surface area contributed by atoms with E-state index in [0.717, 1.165) is 29.2 Å². The summed E-state index contributed by atoms with van der Waals surface area (Å²) in [6.45, 7) is 4.35. The zero-order chi connectivity index (χ0) is 45.2. The Kier molecular flexibility index (Phi) is 13.7. The number of carbonyl (C=O) groups is 7. The first-order valence-corrected chi connectivity index (χ1v) is 20.3. The van der Waals surface area contributed by atoms with Crippen molar-refractivity contribution in [3.63, 3.8) is 0 Å². The summed E-state index contributed by atoms with van der Waals surface area (Å²) in [5.41, 5.74) is -1.27. The van der Waals surface area contributed by atoms with Crippen LogP contribution in [0.1, 0.15) is 64.0 Å². The summed E-state index contributed by atoms with van der Waals surface area (Å²) in [5.74, 6) is -7.28. The van der Waals surface area contributed by atoms with Gasteiger partial charge < -0.3 is 45.8 Å². The number of halogens is 5. The minimum atomic E-state index is -4.67. The van der Waals surface area contributed by atoms with Crippen LogP contribution in [-0.2, 0) is 46.1 Å². The standard InChI is InChI=1S/C41H48F5N7O9/c1-20-12-32-39(60)62-22(3)33(38(59)53-19-28(54)17-31(53)37(58)51-11-5-4-6-30(51)35(56)47-21(2)36(57)52(32)18-20)50-34(55)29(15-23-13-25(42)16-26(43)14-23)49-40(61)48-27-9-7-24(8-10-27)41(44,45)46/h7-10,13-14,16,20-22,28-33,54H,4-6,11-12,15,17-19H2,1-3H3,(H,47,56)(H,50,55)(H2,48,49,61)/t20-,21+,22+,28-,29+,30+,31+,32+,33+/m1/s1. The van der Waals surface area contributed by atoms with Crippen molar-refractivity contribution in [3.05, 3.63) is 65.2 Å². The maximum Gasteiger partial charge on any atom is 0.416 e. The average Bonchev–Trinajstić information content (AvgIpc) is 3.80. The molecule has 0 spiro atoms. The molecule has 62 heavy (non-hydrogen) atoms. The number of piperidine rings is 1. The molecule has 0 aliphatic carbocycles. The average molecular weight is 878 g/mol. The molecule has 0 unspecified atom stereocenters. The normalized spacial score (nSPS) is 28.0. The van der Waals surface area contributed by atoms with Gasteiger partial charge in [-0.15, -0.1) is 0 Å². The molecule has 2 aromatic rings. The van der Waals surface area contributed by atoms with Gasteiger partial charge in [0.1, 0.15) is 54.0 Å². The number of rotatable bonds is 6. The second kappa shape index (κ2) is 18.6. The fraction of sp³-hybridized carbons (Fsp3) is 0.537. The van der Waals surface area contributed by atoms with E-state index in [-0.39, 0.29) is 49.5 Å². The Morgan fingerprint density at radius 2 is 1.52 bits per heavy atom. The number of fused-ring (bicyclic) bond motifs is 3. The lowest BCUT2D eigenvalue weighted by Gasteiger charge is -2.39. The number of ether oxygens (including phenoxy) is 1. The molecule has 4 heterocycles. The molecule has 21 heteroatoms. The number of urea groups is 1. The number of benzene rings is 2.